The highest BCUT2D eigenvalue weighted by molar-refractivity contribution is 14.0. The summed E-state index contributed by atoms with van der Waals surface area (Å²) in [5.74, 6) is 0.0343. The number of anilines is 1. The molecular formula is C18H23F2IN4. The van der Waals surface area contributed by atoms with Gasteiger partial charge in [-0.15, -0.1) is 24.0 Å². The van der Waals surface area contributed by atoms with Gasteiger partial charge in [-0.2, -0.15) is 0 Å². The van der Waals surface area contributed by atoms with E-state index in [0.29, 0.717) is 24.7 Å². The summed E-state index contributed by atoms with van der Waals surface area (Å²) in [6, 6.07) is 11.5. The lowest BCUT2D eigenvalue weighted by atomic mass is 10.2. The third kappa shape index (κ3) is 6.49. The molecule has 25 heavy (non-hydrogen) atoms. The fraction of sp³-hybridized carbons (Fsp3) is 0.278. The molecule has 0 aromatic heterocycles. The Hall–Kier alpha value is -1.90. The smallest absolute Gasteiger partial charge is 0.191 e. The maximum atomic E-state index is 14.0. The molecule has 0 saturated carbocycles. The largest absolute Gasteiger partial charge is 0.375 e. The summed E-state index contributed by atoms with van der Waals surface area (Å²) in [5.41, 5.74) is 2.18. The van der Waals surface area contributed by atoms with Crippen LogP contribution in [0, 0.1) is 11.6 Å². The van der Waals surface area contributed by atoms with Crippen LogP contribution >= 0.6 is 24.0 Å². The predicted molar refractivity (Wildman–Crippen MR) is 110 cm³/mol. The highest BCUT2D eigenvalue weighted by Crippen LogP contribution is 2.18. The monoisotopic (exact) mass is 460 g/mol. The highest BCUT2D eigenvalue weighted by Gasteiger charge is 2.06. The fourth-order valence-corrected chi connectivity index (χ4v) is 2.26. The van der Waals surface area contributed by atoms with Crippen LogP contribution in [0.1, 0.15) is 11.1 Å². The Labute approximate surface area is 164 Å². The minimum Gasteiger partial charge on any atom is -0.375 e. The maximum Gasteiger partial charge on any atom is 0.191 e. The van der Waals surface area contributed by atoms with E-state index in [-0.39, 0.29) is 35.6 Å². The summed E-state index contributed by atoms with van der Waals surface area (Å²) >= 11 is 0. The van der Waals surface area contributed by atoms with E-state index < -0.39 is 0 Å². The Morgan fingerprint density at radius 2 is 1.64 bits per heavy atom. The maximum absolute atomic E-state index is 14.0. The van der Waals surface area contributed by atoms with Crippen molar-refractivity contribution in [3.8, 4) is 0 Å². The van der Waals surface area contributed by atoms with Crippen molar-refractivity contribution in [3.63, 3.8) is 0 Å². The zero-order valence-electron chi connectivity index (χ0n) is 14.5. The van der Waals surface area contributed by atoms with Crippen molar-refractivity contribution >= 4 is 35.6 Å². The topological polar surface area (TPSA) is 39.7 Å². The van der Waals surface area contributed by atoms with Crippen molar-refractivity contribution < 1.29 is 8.78 Å². The zero-order valence-corrected chi connectivity index (χ0v) is 16.8. The molecule has 0 heterocycles. The van der Waals surface area contributed by atoms with Gasteiger partial charge in [0.1, 0.15) is 11.6 Å². The molecule has 0 fully saturated rings. The number of hydrogen-bond acceptors (Lipinski definition) is 2. The van der Waals surface area contributed by atoms with Crippen molar-refractivity contribution in [1.82, 2.24) is 10.6 Å². The molecule has 0 unspecified atom stereocenters. The lowest BCUT2D eigenvalue weighted by molar-refractivity contribution is 0.622. The average molecular weight is 460 g/mol. The number of nitrogens with zero attached hydrogens (tertiary/aromatic N) is 2. The number of hydrogen-bond donors (Lipinski definition) is 2. The van der Waals surface area contributed by atoms with Gasteiger partial charge >= 0.3 is 0 Å². The van der Waals surface area contributed by atoms with Gasteiger partial charge in [-0.3, -0.25) is 4.99 Å². The molecule has 0 radical (unpaired) electrons. The van der Waals surface area contributed by atoms with Crippen molar-refractivity contribution in [2.45, 2.75) is 13.1 Å². The molecule has 2 N–H and O–H groups in total. The van der Waals surface area contributed by atoms with E-state index in [0.717, 1.165) is 11.1 Å². The number of benzene rings is 2. The zero-order chi connectivity index (χ0) is 17.5. The van der Waals surface area contributed by atoms with Crippen LogP contribution in [0.2, 0.25) is 0 Å². The van der Waals surface area contributed by atoms with E-state index in [9.17, 15) is 8.78 Å². The molecule has 2 rings (SSSR count). The van der Waals surface area contributed by atoms with Crippen LogP contribution in [0.15, 0.2) is 47.5 Å². The number of halogens is 3. The van der Waals surface area contributed by atoms with E-state index in [4.69, 9.17) is 0 Å². The molecule has 0 amide bonds. The molecule has 0 atom stereocenters. The Morgan fingerprint density at radius 1 is 1.00 bits per heavy atom. The first-order valence-corrected chi connectivity index (χ1v) is 7.64. The summed E-state index contributed by atoms with van der Waals surface area (Å²) in [7, 11) is 5.25. The van der Waals surface area contributed by atoms with Gasteiger partial charge in [0.2, 0.25) is 0 Å². The van der Waals surface area contributed by atoms with Crippen LogP contribution < -0.4 is 15.5 Å². The molecule has 7 heteroatoms. The molecule has 136 valence electrons. The summed E-state index contributed by atoms with van der Waals surface area (Å²) in [5, 5.41) is 6.21. The third-order valence-corrected chi connectivity index (χ3v) is 3.53. The van der Waals surface area contributed by atoms with E-state index in [2.05, 4.69) is 15.6 Å². The van der Waals surface area contributed by atoms with Crippen molar-refractivity contribution in [1.29, 1.82) is 0 Å². The normalized spacial score (nSPS) is 10.8. The molecule has 0 aliphatic carbocycles. The Bertz CT molecular complexity index is 720. The van der Waals surface area contributed by atoms with Crippen LogP contribution in [-0.4, -0.2) is 27.1 Å². The van der Waals surface area contributed by atoms with Crippen LogP contribution in [0.25, 0.3) is 0 Å². The third-order valence-electron chi connectivity index (χ3n) is 3.53. The van der Waals surface area contributed by atoms with Crippen LogP contribution in [-0.2, 0) is 13.1 Å². The van der Waals surface area contributed by atoms with E-state index in [1.807, 2.05) is 12.1 Å². The number of rotatable bonds is 5. The quantitative estimate of drug-likeness (QED) is 0.408. The van der Waals surface area contributed by atoms with E-state index >= 15 is 0 Å². The second-order valence-corrected chi connectivity index (χ2v) is 5.59. The van der Waals surface area contributed by atoms with Gasteiger partial charge in [-0.25, -0.2) is 8.78 Å². The highest BCUT2D eigenvalue weighted by atomic mass is 127. The Morgan fingerprint density at radius 3 is 2.16 bits per heavy atom. The molecule has 2 aromatic rings. The number of nitrogens with one attached hydrogen (secondary N) is 2. The number of guanidine groups is 1. The summed E-state index contributed by atoms with van der Waals surface area (Å²) in [6.45, 7) is 0.888. The fourth-order valence-electron chi connectivity index (χ4n) is 2.26. The van der Waals surface area contributed by atoms with Crippen molar-refractivity contribution in [3.05, 3.63) is 65.2 Å². The van der Waals surface area contributed by atoms with Gasteiger partial charge in [0.25, 0.3) is 0 Å². The van der Waals surface area contributed by atoms with Crippen molar-refractivity contribution in [2.24, 2.45) is 4.99 Å². The summed E-state index contributed by atoms with van der Waals surface area (Å²) in [6.07, 6.45) is 0. The van der Waals surface area contributed by atoms with Crippen molar-refractivity contribution in [2.75, 3.05) is 26.0 Å². The summed E-state index contributed by atoms with van der Waals surface area (Å²) < 4.78 is 27.1. The van der Waals surface area contributed by atoms with Gasteiger partial charge in [0, 0.05) is 34.2 Å². The Balaban J connectivity index is 0.00000312. The molecule has 0 bridgehead atoms. The first-order chi connectivity index (χ1) is 11.5. The molecule has 0 aliphatic heterocycles. The summed E-state index contributed by atoms with van der Waals surface area (Å²) in [4.78, 5) is 5.84. The predicted octanol–water partition coefficient (Wildman–Crippen LogP) is 3.51. The molecule has 0 saturated heterocycles. The molecule has 2 aromatic carbocycles. The Kier molecular flexibility index (Phi) is 8.60. The van der Waals surface area contributed by atoms with Crippen LogP contribution in [0.3, 0.4) is 0 Å². The lowest BCUT2D eigenvalue weighted by Crippen LogP contribution is -2.36. The van der Waals surface area contributed by atoms with Crippen LogP contribution in [0.4, 0.5) is 14.5 Å². The van der Waals surface area contributed by atoms with Gasteiger partial charge < -0.3 is 15.5 Å². The SMILES string of the molecule is CN=C(NCc1cccc(F)c1)NCc1ccc(N(C)C)c(F)c1.I. The molecule has 0 spiro atoms. The van der Waals surface area contributed by atoms with Gasteiger partial charge in [-0.05, 0) is 35.4 Å². The second-order valence-electron chi connectivity index (χ2n) is 5.59. The van der Waals surface area contributed by atoms with E-state index in [1.165, 1.54) is 18.2 Å². The first kappa shape index (κ1) is 21.1. The minimum atomic E-state index is -0.270. The van der Waals surface area contributed by atoms with Gasteiger partial charge in [0.15, 0.2) is 5.96 Å². The van der Waals surface area contributed by atoms with Crippen LogP contribution in [0.5, 0.6) is 0 Å². The van der Waals surface area contributed by atoms with E-state index in [1.54, 1.807) is 38.2 Å². The number of aliphatic imine (C=N–C) groups is 1. The minimum absolute atomic E-state index is 0. The second kappa shape index (κ2) is 10.2. The van der Waals surface area contributed by atoms with Gasteiger partial charge in [0.05, 0.1) is 5.69 Å². The molecule has 4 nitrogen and oxygen atoms in total. The molecular weight excluding hydrogens is 437 g/mol. The average Bonchev–Trinajstić information content (AvgIpc) is 2.55. The standard InChI is InChI=1S/C18H22F2N4.HI/c1-21-18(22-11-13-5-4-6-15(19)9-13)23-12-14-7-8-17(24(2)3)16(20)10-14;/h4-10H,11-12H2,1-3H3,(H2,21,22,23);1H. The molecule has 0 aliphatic rings. The first-order valence-electron chi connectivity index (χ1n) is 7.64. The lowest BCUT2D eigenvalue weighted by Gasteiger charge is -2.15. The van der Waals surface area contributed by atoms with Gasteiger partial charge in [-0.1, -0.05) is 18.2 Å².